The van der Waals surface area contributed by atoms with Crippen molar-refractivity contribution in [3.8, 4) is 0 Å². The summed E-state index contributed by atoms with van der Waals surface area (Å²) in [5.41, 5.74) is 5.19. The predicted octanol–water partition coefficient (Wildman–Crippen LogP) is -0.0400. The van der Waals surface area contributed by atoms with Gasteiger partial charge in [0.05, 0.1) is 5.54 Å². The minimum Gasteiger partial charge on any atom is -0.480 e. The Labute approximate surface area is 106 Å². The van der Waals surface area contributed by atoms with Gasteiger partial charge in [0.25, 0.3) is 0 Å². The fraction of sp³-hybridized carbons (Fsp3) is 0.833. The summed E-state index contributed by atoms with van der Waals surface area (Å²) in [6.45, 7) is 1.43. The van der Waals surface area contributed by atoms with Crippen LogP contribution in [0.15, 0.2) is 0 Å². The molecule has 2 rings (SSSR count). The number of carboxylic acids is 1. The van der Waals surface area contributed by atoms with Gasteiger partial charge in [0.15, 0.2) is 0 Å². The van der Waals surface area contributed by atoms with Gasteiger partial charge in [-0.25, -0.2) is 4.79 Å². The van der Waals surface area contributed by atoms with Gasteiger partial charge in [-0.15, -0.1) is 0 Å². The number of aliphatic carboxylic acids is 1. The van der Waals surface area contributed by atoms with Crippen molar-refractivity contribution in [3.63, 3.8) is 0 Å². The fourth-order valence-corrected chi connectivity index (χ4v) is 2.67. The first-order valence-corrected chi connectivity index (χ1v) is 6.45. The minimum absolute atomic E-state index is 0.224. The van der Waals surface area contributed by atoms with Gasteiger partial charge in [0.2, 0.25) is 5.91 Å². The van der Waals surface area contributed by atoms with E-state index in [9.17, 15) is 14.7 Å². The monoisotopic (exact) mass is 256 g/mol. The number of ether oxygens (including phenoxy) is 1. The molecule has 102 valence electrons. The summed E-state index contributed by atoms with van der Waals surface area (Å²) < 4.78 is 5.21. The number of carboxylic acid groups (broad SMARTS) is 1. The first-order valence-electron chi connectivity index (χ1n) is 6.45. The molecular formula is C12H20N2O4. The highest BCUT2D eigenvalue weighted by Crippen LogP contribution is 2.25. The molecular weight excluding hydrogens is 236 g/mol. The van der Waals surface area contributed by atoms with Crippen molar-refractivity contribution in [3.05, 3.63) is 0 Å². The molecule has 1 amide bonds. The molecule has 0 unspecified atom stereocenters. The van der Waals surface area contributed by atoms with E-state index in [2.05, 4.69) is 0 Å². The number of rotatable bonds is 2. The van der Waals surface area contributed by atoms with Gasteiger partial charge in [0, 0.05) is 19.8 Å². The number of piperidine rings is 1. The van der Waals surface area contributed by atoms with Crippen LogP contribution in [0.3, 0.4) is 0 Å². The van der Waals surface area contributed by atoms with Crippen molar-refractivity contribution in [2.75, 3.05) is 19.8 Å². The standard InChI is InChI=1S/C12H20N2O4/c13-12(4-7-18-8-5-12)11(17)14-6-2-1-3-9(14)10(15)16/h9H,1-8,13H2,(H,15,16)/t9-/m0/s1. The van der Waals surface area contributed by atoms with Gasteiger partial charge in [-0.05, 0) is 32.1 Å². The molecule has 0 saturated carbocycles. The number of carbonyl (C=O) groups is 2. The number of hydrogen-bond acceptors (Lipinski definition) is 4. The summed E-state index contributed by atoms with van der Waals surface area (Å²) in [6, 6.07) is -0.713. The highest BCUT2D eigenvalue weighted by Gasteiger charge is 2.43. The van der Waals surface area contributed by atoms with Crippen LogP contribution in [-0.2, 0) is 14.3 Å². The lowest BCUT2D eigenvalue weighted by atomic mass is 9.88. The maximum Gasteiger partial charge on any atom is 0.326 e. The van der Waals surface area contributed by atoms with E-state index >= 15 is 0 Å². The van der Waals surface area contributed by atoms with Crippen LogP contribution in [0.25, 0.3) is 0 Å². The quantitative estimate of drug-likeness (QED) is 0.723. The molecule has 0 radical (unpaired) electrons. The Hall–Kier alpha value is -1.14. The van der Waals surface area contributed by atoms with E-state index < -0.39 is 17.6 Å². The molecule has 2 fully saturated rings. The molecule has 0 bridgehead atoms. The summed E-state index contributed by atoms with van der Waals surface area (Å²) in [6.07, 6.45) is 3.15. The zero-order valence-electron chi connectivity index (χ0n) is 10.4. The number of nitrogens with zero attached hydrogens (tertiary/aromatic N) is 1. The average molecular weight is 256 g/mol. The molecule has 0 aromatic heterocycles. The zero-order valence-corrected chi connectivity index (χ0v) is 10.4. The lowest BCUT2D eigenvalue weighted by Gasteiger charge is -2.41. The average Bonchev–Trinajstić information content (AvgIpc) is 2.38. The van der Waals surface area contributed by atoms with Gasteiger partial charge in [-0.1, -0.05) is 0 Å². The van der Waals surface area contributed by atoms with E-state index in [0.29, 0.717) is 39.0 Å². The third-order valence-corrected chi connectivity index (χ3v) is 3.86. The van der Waals surface area contributed by atoms with Gasteiger partial charge in [0.1, 0.15) is 6.04 Å². The summed E-state index contributed by atoms with van der Waals surface area (Å²) in [5, 5.41) is 9.18. The van der Waals surface area contributed by atoms with Crippen molar-refractivity contribution in [1.29, 1.82) is 0 Å². The number of nitrogens with two attached hydrogens (primary N) is 1. The first kappa shape index (κ1) is 13.3. The molecule has 2 aliphatic heterocycles. The molecule has 2 saturated heterocycles. The lowest BCUT2D eigenvalue weighted by Crippen LogP contribution is -2.62. The summed E-state index contributed by atoms with van der Waals surface area (Å²) in [7, 11) is 0. The highest BCUT2D eigenvalue weighted by molar-refractivity contribution is 5.90. The number of hydrogen-bond donors (Lipinski definition) is 2. The van der Waals surface area contributed by atoms with Gasteiger partial charge < -0.3 is 20.5 Å². The van der Waals surface area contributed by atoms with E-state index in [1.165, 1.54) is 4.90 Å². The molecule has 0 aromatic rings. The number of amides is 1. The Morgan fingerprint density at radius 1 is 1.28 bits per heavy atom. The summed E-state index contributed by atoms with van der Waals surface area (Å²) >= 11 is 0. The van der Waals surface area contributed by atoms with E-state index in [-0.39, 0.29) is 5.91 Å². The Morgan fingerprint density at radius 2 is 1.94 bits per heavy atom. The maximum absolute atomic E-state index is 12.5. The van der Waals surface area contributed by atoms with Crippen LogP contribution in [0.1, 0.15) is 32.1 Å². The maximum atomic E-state index is 12.5. The molecule has 0 spiro atoms. The second-order valence-corrected chi connectivity index (χ2v) is 5.12. The minimum atomic E-state index is -0.941. The number of carbonyl (C=O) groups excluding carboxylic acids is 1. The molecule has 6 nitrogen and oxygen atoms in total. The first-order chi connectivity index (χ1) is 8.54. The second-order valence-electron chi connectivity index (χ2n) is 5.12. The SMILES string of the molecule is NC1(C(=O)N2CCCC[C@H]2C(=O)O)CCOCC1. The van der Waals surface area contributed by atoms with E-state index in [1.807, 2.05) is 0 Å². The second kappa shape index (κ2) is 5.24. The van der Waals surface area contributed by atoms with Crippen molar-refractivity contribution < 1.29 is 19.4 Å². The Kier molecular flexibility index (Phi) is 3.87. The Morgan fingerprint density at radius 3 is 2.56 bits per heavy atom. The molecule has 0 aromatic carbocycles. The zero-order chi connectivity index (χ0) is 13.2. The van der Waals surface area contributed by atoms with E-state index in [0.717, 1.165) is 12.8 Å². The smallest absolute Gasteiger partial charge is 0.326 e. The summed E-state index contributed by atoms with van der Waals surface area (Å²) in [5.74, 6) is -1.16. The van der Waals surface area contributed by atoms with Crippen LogP contribution in [0.2, 0.25) is 0 Å². The Balaban J connectivity index is 2.12. The third kappa shape index (κ3) is 2.49. The predicted molar refractivity (Wildman–Crippen MR) is 64.0 cm³/mol. The molecule has 2 aliphatic rings. The van der Waals surface area contributed by atoms with Gasteiger partial charge >= 0.3 is 5.97 Å². The lowest BCUT2D eigenvalue weighted by molar-refractivity contribution is -0.156. The van der Waals surface area contributed by atoms with Crippen LogP contribution >= 0.6 is 0 Å². The molecule has 0 aliphatic carbocycles. The fourth-order valence-electron chi connectivity index (χ4n) is 2.67. The van der Waals surface area contributed by atoms with Crippen LogP contribution in [-0.4, -0.2) is 53.2 Å². The third-order valence-electron chi connectivity index (χ3n) is 3.86. The largest absolute Gasteiger partial charge is 0.480 e. The molecule has 18 heavy (non-hydrogen) atoms. The highest BCUT2D eigenvalue weighted by atomic mass is 16.5. The topological polar surface area (TPSA) is 92.9 Å². The van der Waals surface area contributed by atoms with Crippen molar-refractivity contribution in [1.82, 2.24) is 4.90 Å². The molecule has 3 N–H and O–H groups in total. The van der Waals surface area contributed by atoms with Crippen molar-refractivity contribution in [2.24, 2.45) is 5.73 Å². The van der Waals surface area contributed by atoms with Gasteiger partial charge in [-0.3, -0.25) is 4.79 Å². The van der Waals surface area contributed by atoms with Crippen LogP contribution < -0.4 is 5.73 Å². The van der Waals surface area contributed by atoms with E-state index in [4.69, 9.17) is 10.5 Å². The van der Waals surface area contributed by atoms with Crippen molar-refractivity contribution >= 4 is 11.9 Å². The van der Waals surface area contributed by atoms with Crippen LogP contribution in [0, 0.1) is 0 Å². The van der Waals surface area contributed by atoms with Crippen LogP contribution in [0.4, 0.5) is 0 Å². The summed E-state index contributed by atoms with van der Waals surface area (Å²) in [4.78, 5) is 25.1. The van der Waals surface area contributed by atoms with Gasteiger partial charge in [-0.2, -0.15) is 0 Å². The normalized spacial score (nSPS) is 27.8. The van der Waals surface area contributed by atoms with E-state index in [1.54, 1.807) is 0 Å². The van der Waals surface area contributed by atoms with Crippen LogP contribution in [0.5, 0.6) is 0 Å². The number of likely N-dealkylation sites (tertiary alicyclic amines) is 1. The van der Waals surface area contributed by atoms with Crippen molar-refractivity contribution in [2.45, 2.75) is 43.7 Å². The molecule has 2 heterocycles. The molecule has 6 heteroatoms. The Bertz CT molecular complexity index is 339. The molecule has 1 atom stereocenters.